The van der Waals surface area contributed by atoms with Crippen LogP contribution in [0.2, 0.25) is 0 Å². The second kappa shape index (κ2) is 3.76. The maximum absolute atomic E-state index is 13.5. The van der Waals surface area contributed by atoms with Gasteiger partial charge >= 0.3 is 0 Å². The Balaban J connectivity index is 2.22. The van der Waals surface area contributed by atoms with Crippen LogP contribution in [0.3, 0.4) is 0 Å². The molecule has 3 aromatic rings. The minimum Gasteiger partial charge on any atom is -0.338 e. The van der Waals surface area contributed by atoms with Crippen molar-refractivity contribution in [3.8, 4) is 11.4 Å². The average Bonchev–Trinajstić information content (AvgIpc) is 2.74. The van der Waals surface area contributed by atoms with E-state index in [2.05, 4.69) is 15.0 Å². The standard InChI is InChI=1S/C12H7F2N3O/c13-7-3-8(14)11-9(4-7)16-12(17-11)6-1-2-10(18)15-5-6/h1-5H,(H,15,18)(H,16,17). The van der Waals surface area contributed by atoms with Crippen LogP contribution in [-0.2, 0) is 0 Å². The Morgan fingerprint density at radius 2 is 2.00 bits per heavy atom. The Kier molecular flexibility index (Phi) is 2.22. The molecule has 1 aromatic carbocycles. The Morgan fingerprint density at radius 1 is 1.17 bits per heavy atom. The molecule has 90 valence electrons. The van der Waals surface area contributed by atoms with Gasteiger partial charge in [-0.2, -0.15) is 0 Å². The number of imidazole rings is 1. The van der Waals surface area contributed by atoms with Gasteiger partial charge in [0.2, 0.25) is 5.56 Å². The van der Waals surface area contributed by atoms with Gasteiger partial charge in [-0.15, -0.1) is 0 Å². The smallest absolute Gasteiger partial charge is 0.247 e. The van der Waals surface area contributed by atoms with E-state index in [-0.39, 0.29) is 16.6 Å². The van der Waals surface area contributed by atoms with Gasteiger partial charge in [0.05, 0.1) is 5.52 Å². The van der Waals surface area contributed by atoms with E-state index in [4.69, 9.17) is 0 Å². The van der Waals surface area contributed by atoms with Crippen molar-refractivity contribution in [2.24, 2.45) is 0 Å². The fourth-order valence-electron chi connectivity index (χ4n) is 1.74. The summed E-state index contributed by atoms with van der Waals surface area (Å²) in [6.07, 6.45) is 1.45. The van der Waals surface area contributed by atoms with Gasteiger partial charge in [0.25, 0.3) is 0 Å². The molecule has 0 unspecified atom stereocenters. The zero-order valence-corrected chi connectivity index (χ0v) is 9.00. The average molecular weight is 247 g/mol. The Morgan fingerprint density at radius 3 is 2.72 bits per heavy atom. The van der Waals surface area contributed by atoms with E-state index in [9.17, 15) is 13.6 Å². The third-order valence-electron chi connectivity index (χ3n) is 2.56. The maximum atomic E-state index is 13.5. The topological polar surface area (TPSA) is 61.5 Å². The summed E-state index contributed by atoms with van der Waals surface area (Å²) in [5.74, 6) is -1.03. The zero-order chi connectivity index (χ0) is 12.7. The molecule has 0 aliphatic heterocycles. The van der Waals surface area contributed by atoms with Crippen LogP contribution in [-0.4, -0.2) is 15.0 Å². The molecule has 3 rings (SSSR count). The van der Waals surface area contributed by atoms with E-state index in [1.54, 1.807) is 6.07 Å². The quantitative estimate of drug-likeness (QED) is 0.692. The molecule has 0 saturated heterocycles. The monoisotopic (exact) mass is 247 g/mol. The normalized spacial score (nSPS) is 11.0. The van der Waals surface area contributed by atoms with Crippen LogP contribution in [0, 0.1) is 11.6 Å². The van der Waals surface area contributed by atoms with E-state index < -0.39 is 11.6 Å². The lowest BCUT2D eigenvalue weighted by atomic mass is 10.3. The summed E-state index contributed by atoms with van der Waals surface area (Å²) in [7, 11) is 0. The molecule has 0 fully saturated rings. The summed E-state index contributed by atoms with van der Waals surface area (Å²) in [6.45, 7) is 0. The molecule has 18 heavy (non-hydrogen) atoms. The summed E-state index contributed by atoms with van der Waals surface area (Å²) < 4.78 is 26.5. The molecule has 4 nitrogen and oxygen atoms in total. The number of halogens is 2. The highest BCUT2D eigenvalue weighted by Crippen LogP contribution is 2.22. The van der Waals surface area contributed by atoms with Crippen LogP contribution < -0.4 is 5.56 Å². The lowest BCUT2D eigenvalue weighted by Crippen LogP contribution is -2.01. The minimum atomic E-state index is -0.725. The Hall–Kier alpha value is -2.50. The molecule has 0 radical (unpaired) electrons. The summed E-state index contributed by atoms with van der Waals surface area (Å²) in [5, 5.41) is 0. The van der Waals surface area contributed by atoms with Gasteiger partial charge in [-0.05, 0) is 12.1 Å². The lowest BCUT2D eigenvalue weighted by Gasteiger charge is -1.93. The molecule has 0 aliphatic carbocycles. The number of nitrogens with one attached hydrogen (secondary N) is 2. The number of pyridine rings is 1. The van der Waals surface area contributed by atoms with Gasteiger partial charge < -0.3 is 9.97 Å². The fourth-order valence-corrected chi connectivity index (χ4v) is 1.74. The van der Waals surface area contributed by atoms with Gasteiger partial charge in [0.15, 0.2) is 5.82 Å². The predicted molar refractivity (Wildman–Crippen MR) is 62.1 cm³/mol. The van der Waals surface area contributed by atoms with Crippen LogP contribution in [0.15, 0.2) is 35.3 Å². The number of rotatable bonds is 1. The molecule has 0 amide bonds. The van der Waals surface area contributed by atoms with Gasteiger partial charge in [-0.25, -0.2) is 13.8 Å². The van der Waals surface area contributed by atoms with E-state index >= 15 is 0 Å². The zero-order valence-electron chi connectivity index (χ0n) is 9.00. The van der Waals surface area contributed by atoms with Gasteiger partial charge in [-0.3, -0.25) is 4.79 Å². The van der Waals surface area contributed by atoms with E-state index in [1.807, 2.05) is 0 Å². The second-order valence-corrected chi connectivity index (χ2v) is 3.81. The summed E-state index contributed by atoms with van der Waals surface area (Å²) in [5.41, 5.74) is 0.684. The fraction of sp³-hybridized carbons (Fsp3) is 0. The molecule has 2 heterocycles. The van der Waals surface area contributed by atoms with Gasteiger partial charge in [0, 0.05) is 23.9 Å². The van der Waals surface area contributed by atoms with E-state index in [0.29, 0.717) is 11.4 Å². The molecule has 6 heteroatoms. The number of benzene rings is 1. The number of H-pyrrole nitrogens is 2. The number of hydrogen-bond donors (Lipinski definition) is 2. The highest BCUT2D eigenvalue weighted by atomic mass is 19.1. The number of nitrogens with zero attached hydrogens (tertiary/aromatic N) is 1. The van der Waals surface area contributed by atoms with Crippen molar-refractivity contribution in [2.45, 2.75) is 0 Å². The van der Waals surface area contributed by atoms with E-state index in [0.717, 1.165) is 6.07 Å². The van der Waals surface area contributed by atoms with Crippen molar-refractivity contribution >= 4 is 11.0 Å². The van der Waals surface area contributed by atoms with Gasteiger partial charge in [0.1, 0.15) is 17.2 Å². The second-order valence-electron chi connectivity index (χ2n) is 3.81. The first kappa shape index (κ1) is 10.6. The van der Waals surface area contributed by atoms with Gasteiger partial charge in [-0.1, -0.05) is 0 Å². The molecule has 0 aliphatic rings. The molecule has 2 aromatic heterocycles. The highest BCUT2D eigenvalue weighted by molar-refractivity contribution is 5.79. The molecular formula is C12H7F2N3O. The van der Waals surface area contributed by atoms with E-state index in [1.165, 1.54) is 18.3 Å². The highest BCUT2D eigenvalue weighted by Gasteiger charge is 2.10. The van der Waals surface area contributed by atoms with Crippen molar-refractivity contribution in [2.75, 3.05) is 0 Å². The maximum Gasteiger partial charge on any atom is 0.247 e. The Labute approximate surface area is 99.3 Å². The largest absolute Gasteiger partial charge is 0.338 e. The summed E-state index contributed by atoms with van der Waals surface area (Å²) >= 11 is 0. The van der Waals surface area contributed by atoms with Crippen molar-refractivity contribution in [3.05, 3.63) is 52.5 Å². The summed E-state index contributed by atoms with van der Waals surface area (Å²) in [4.78, 5) is 20.2. The third-order valence-corrected chi connectivity index (χ3v) is 2.56. The number of fused-ring (bicyclic) bond motifs is 1. The van der Waals surface area contributed by atoms with Crippen LogP contribution in [0.4, 0.5) is 8.78 Å². The number of hydrogen-bond acceptors (Lipinski definition) is 2. The van der Waals surface area contributed by atoms with Crippen molar-refractivity contribution in [1.29, 1.82) is 0 Å². The molecule has 2 N–H and O–H groups in total. The predicted octanol–water partition coefficient (Wildman–Crippen LogP) is 2.20. The van der Waals surface area contributed by atoms with Crippen molar-refractivity contribution in [3.63, 3.8) is 0 Å². The van der Waals surface area contributed by atoms with Crippen LogP contribution in [0.25, 0.3) is 22.4 Å². The number of aromatic nitrogens is 3. The molecule has 0 atom stereocenters. The molecule has 0 saturated carbocycles. The van der Waals surface area contributed by atoms with Crippen LogP contribution in [0.1, 0.15) is 0 Å². The van der Waals surface area contributed by atoms with Crippen molar-refractivity contribution in [1.82, 2.24) is 15.0 Å². The SMILES string of the molecule is O=c1ccc(-c2nc3c(F)cc(F)cc3[nH]2)c[nH]1. The molecule has 0 spiro atoms. The first-order valence-electron chi connectivity index (χ1n) is 5.17. The first-order chi connectivity index (χ1) is 8.63. The van der Waals surface area contributed by atoms with Crippen LogP contribution >= 0.6 is 0 Å². The minimum absolute atomic E-state index is 0.0672. The molecule has 0 bridgehead atoms. The molecular weight excluding hydrogens is 240 g/mol. The van der Waals surface area contributed by atoms with Crippen LogP contribution in [0.5, 0.6) is 0 Å². The lowest BCUT2D eigenvalue weighted by molar-refractivity contribution is 0.591. The first-order valence-corrected chi connectivity index (χ1v) is 5.17. The summed E-state index contributed by atoms with van der Waals surface area (Å²) in [6, 6.07) is 4.82. The van der Waals surface area contributed by atoms with Crippen molar-refractivity contribution < 1.29 is 8.78 Å². The Bertz CT molecular complexity index is 771. The number of aromatic amines is 2. The third kappa shape index (κ3) is 1.67.